The fraction of sp³-hybridized carbons (Fsp3) is 0.368. The number of carbonyl (C=O) groups excluding carboxylic acids is 1. The van der Waals surface area contributed by atoms with Gasteiger partial charge in [0.15, 0.2) is 0 Å². The highest BCUT2D eigenvalue weighted by atomic mass is 35.5. The van der Waals surface area contributed by atoms with Crippen LogP contribution in [-0.4, -0.2) is 58.8 Å². The zero-order valence-corrected chi connectivity index (χ0v) is 18.8. The van der Waals surface area contributed by atoms with Crippen molar-refractivity contribution in [3.05, 3.63) is 46.6 Å². The predicted octanol–water partition coefficient (Wildman–Crippen LogP) is 2.81. The van der Waals surface area contributed by atoms with Crippen molar-refractivity contribution in [1.29, 1.82) is 0 Å². The average Bonchev–Trinajstić information content (AvgIpc) is 2.72. The SMILES string of the molecule is CNC(=O)c1cc(N2CCN(c3ncc(C(F)(F)F)cc3Cl)CC2)ccc1NS(C)(=O)=O. The molecule has 174 valence electrons. The lowest BCUT2D eigenvalue weighted by atomic mass is 10.1. The number of aromatic nitrogens is 1. The number of halogens is 4. The van der Waals surface area contributed by atoms with Gasteiger partial charge in [-0.3, -0.25) is 9.52 Å². The summed E-state index contributed by atoms with van der Waals surface area (Å²) in [5.74, 6) is -0.171. The minimum absolute atomic E-state index is 0.0774. The number of sulfonamides is 1. The Bertz CT molecular complexity index is 1120. The normalized spacial score (nSPS) is 14.9. The summed E-state index contributed by atoms with van der Waals surface area (Å²) in [6, 6.07) is 5.66. The molecule has 0 bridgehead atoms. The Morgan fingerprint density at radius 1 is 1.12 bits per heavy atom. The van der Waals surface area contributed by atoms with E-state index in [0.717, 1.165) is 18.5 Å². The Morgan fingerprint density at radius 2 is 1.75 bits per heavy atom. The summed E-state index contributed by atoms with van der Waals surface area (Å²) in [4.78, 5) is 19.9. The van der Waals surface area contributed by atoms with Gasteiger partial charge < -0.3 is 15.1 Å². The number of hydrogen-bond acceptors (Lipinski definition) is 6. The van der Waals surface area contributed by atoms with E-state index in [1.54, 1.807) is 17.0 Å². The van der Waals surface area contributed by atoms with Gasteiger partial charge >= 0.3 is 6.18 Å². The van der Waals surface area contributed by atoms with Crippen molar-refractivity contribution in [3.63, 3.8) is 0 Å². The van der Waals surface area contributed by atoms with Crippen molar-refractivity contribution in [2.75, 3.05) is 54.0 Å². The summed E-state index contributed by atoms with van der Waals surface area (Å²) >= 11 is 6.05. The van der Waals surface area contributed by atoms with Gasteiger partial charge in [-0.2, -0.15) is 13.2 Å². The van der Waals surface area contributed by atoms with Crippen LogP contribution in [0.3, 0.4) is 0 Å². The number of nitrogens with zero attached hydrogens (tertiary/aromatic N) is 3. The zero-order chi connectivity index (χ0) is 23.7. The van der Waals surface area contributed by atoms with Crippen LogP contribution < -0.4 is 19.8 Å². The molecule has 2 aromatic rings. The highest BCUT2D eigenvalue weighted by molar-refractivity contribution is 7.92. The van der Waals surface area contributed by atoms with Crippen LogP contribution in [0.15, 0.2) is 30.5 Å². The van der Waals surface area contributed by atoms with Crippen LogP contribution >= 0.6 is 11.6 Å². The van der Waals surface area contributed by atoms with Crippen molar-refractivity contribution in [1.82, 2.24) is 10.3 Å². The van der Waals surface area contributed by atoms with Crippen LogP contribution in [0, 0.1) is 0 Å². The first-order valence-electron chi connectivity index (χ1n) is 9.45. The maximum atomic E-state index is 12.8. The smallest absolute Gasteiger partial charge is 0.368 e. The van der Waals surface area contributed by atoms with E-state index in [9.17, 15) is 26.4 Å². The van der Waals surface area contributed by atoms with Gasteiger partial charge in [0.25, 0.3) is 5.91 Å². The molecule has 1 fully saturated rings. The fourth-order valence-electron chi connectivity index (χ4n) is 3.34. The van der Waals surface area contributed by atoms with E-state index in [2.05, 4.69) is 15.0 Å². The largest absolute Gasteiger partial charge is 0.417 e. The van der Waals surface area contributed by atoms with Crippen LogP contribution in [-0.2, 0) is 16.2 Å². The van der Waals surface area contributed by atoms with Crippen LogP contribution in [0.25, 0.3) is 0 Å². The number of alkyl halides is 3. The van der Waals surface area contributed by atoms with E-state index in [1.165, 1.54) is 13.1 Å². The summed E-state index contributed by atoms with van der Waals surface area (Å²) in [5.41, 5.74) is 0.128. The summed E-state index contributed by atoms with van der Waals surface area (Å²) in [5, 5.41) is 2.41. The van der Waals surface area contributed by atoms with E-state index < -0.39 is 27.7 Å². The van der Waals surface area contributed by atoms with Crippen molar-refractivity contribution in [2.45, 2.75) is 6.18 Å². The maximum absolute atomic E-state index is 12.8. The molecule has 1 aliphatic rings. The average molecular weight is 492 g/mol. The second-order valence-electron chi connectivity index (χ2n) is 7.18. The molecule has 13 heteroatoms. The minimum atomic E-state index is -4.52. The Hall–Kier alpha value is -2.73. The molecular weight excluding hydrogens is 471 g/mol. The first-order valence-corrected chi connectivity index (χ1v) is 11.7. The summed E-state index contributed by atoms with van der Waals surface area (Å²) < 4.78 is 64.0. The maximum Gasteiger partial charge on any atom is 0.417 e. The van der Waals surface area contributed by atoms with E-state index in [1.807, 2.05) is 4.90 Å². The molecule has 8 nitrogen and oxygen atoms in total. The minimum Gasteiger partial charge on any atom is -0.368 e. The van der Waals surface area contributed by atoms with Crippen molar-refractivity contribution in [3.8, 4) is 0 Å². The van der Waals surface area contributed by atoms with E-state index in [-0.39, 0.29) is 22.1 Å². The molecule has 1 saturated heterocycles. The lowest BCUT2D eigenvalue weighted by Gasteiger charge is -2.37. The number of amides is 1. The van der Waals surface area contributed by atoms with Gasteiger partial charge in [-0.15, -0.1) is 0 Å². The number of nitrogens with one attached hydrogen (secondary N) is 2. The third-order valence-corrected chi connectivity index (χ3v) is 5.73. The molecule has 2 heterocycles. The summed E-state index contributed by atoms with van der Waals surface area (Å²) in [6.45, 7) is 1.86. The van der Waals surface area contributed by atoms with Crippen molar-refractivity contribution >= 4 is 44.7 Å². The Morgan fingerprint density at radius 3 is 2.28 bits per heavy atom. The lowest BCUT2D eigenvalue weighted by molar-refractivity contribution is -0.137. The number of pyridine rings is 1. The van der Waals surface area contributed by atoms with Gasteiger partial charge in [0.1, 0.15) is 5.82 Å². The van der Waals surface area contributed by atoms with Crippen LogP contribution in [0.2, 0.25) is 5.02 Å². The molecule has 1 aromatic heterocycles. The third kappa shape index (κ3) is 5.54. The Balaban J connectivity index is 1.77. The van der Waals surface area contributed by atoms with E-state index >= 15 is 0 Å². The van der Waals surface area contributed by atoms with Crippen molar-refractivity contribution in [2.24, 2.45) is 0 Å². The molecular formula is C19H21ClF3N5O3S. The molecule has 0 saturated carbocycles. The third-order valence-electron chi connectivity index (χ3n) is 4.86. The number of rotatable bonds is 5. The summed E-state index contributed by atoms with van der Waals surface area (Å²) in [6.07, 6.45) is -2.76. The van der Waals surface area contributed by atoms with E-state index in [0.29, 0.717) is 31.9 Å². The number of anilines is 3. The number of piperazine rings is 1. The Labute approximate surface area is 188 Å². The second-order valence-corrected chi connectivity index (χ2v) is 9.34. The quantitative estimate of drug-likeness (QED) is 0.668. The fourth-order valence-corrected chi connectivity index (χ4v) is 4.20. The number of benzene rings is 1. The second kappa shape index (κ2) is 9.02. The highest BCUT2D eigenvalue weighted by Crippen LogP contribution is 2.34. The molecule has 1 aromatic carbocycles. The molecule has 0 unspecified atom stereocenters. The number of carbonyl (C=O) groups is 1. The molecule has 0 radical (unpaired) electrons. The van der Waals surface area contributed by atoms with E-state index in [4.69, 9.17) is 11.6 Å². The highest BCUT2D eigenvalue weighted by Gasteiger charge is 2.32. The monoisotopic (exact) mass is 491 g/mol. The van der Waals surface area contributed by atoms with Gasteiger partial charge in [-0.05, 0) is 24.3 Å². The van der Waals surface area contributed by atoms with Gasteiger partial charge in [0.05, 0.1) is 28.1 Å². The lowest BCUT2D eigenvalue weighted by Crippen LogP contribution is -2.47. The molecule has 2 N–H and O–H groups in total. The molecule has 0 aliphatic carbocycles. The predicted molar refractivity (Wildman–Crippen MR) is 117 cm³/mol. The molecule has 3 rings (SSSR count). The Kier molecular flexibility index (Phi) is 6.75. The molecule has 0 spiro atoms. The van der Waals surface area contributed by atoms with Gasteiger partial charge in [0, 0.05) is 45.1 Å². The first kappa shape index (κ1) is 23.9. The first-order chi connectivity index (χ1) is 14.9. The summed E-state index contributed by atoms with van der Waals surface area (Å²) in [7, 11) is -2.13. The molecule has 32 heavy (non-hydrogen) atoms. The van der Waals surface area contributed by atoms with Crippen LogP contribution in [0.4, 0.5) is 30.4 Å². The zero-order valence-electron chi connectivity index (χ0n) is 17.2. The van der Waals surface area contributed by atoms with Crippen LogP contribution in [0.5, 0.6) is 0 Å². The standard InChI is InChI=1S/C19H21ClF3N5O3S/c1-24-18(29)14-10-13(3-4-16(14)26-32(2,30)31)27-5-7-28(8-6-27)17-15(20)9-12(11-25-17)19(21,22)23/h3-4,9-11,26H,5-8H2,1-2H3,(H,24,29). The topological polar surface area (TPSA) is 94.6 Å². The van der Waals surface area contributed by atoms with Crippen LogP contribution in [0.1, 0.15) is 15.9 Å². The van der Waals surface area contributed by atoms with Gasteiger partial charge in [0.2, 0.25) is 10.0 Å². The molecule has 1 aliphatic heterocycles. The van der Waals surface area contributed by atoms with Gasteiger partial charge in [-0.25, -0.2) is 13.4 Å². The van der Waals surface area contributed by atoms with Gasteiger partial charge in [-0.1, -0.05) is 11.6 Å². The van der Waals surface area contributed by atoms with Crippen molar-refractivity contribution < 1.29 is 26.4 Å². The molecule has 1 amide bonds. The molecule has 0 atom stereocenters. The number of hydrogen-bond donors (Lipinski definition) is 2.